The normalized spacial score (nSPS) is 23.3. The molecule has 0 spiro atoms. The summed E-state index contributed by atoms with van der Waals surface area (Å²) >= 11 is 1.70. The van der Waals surface area contributed by atoms with E-state index in [-0.39, 0.29) is 17.9 Å². The number of piperazine rings is 1. The molecule has 3 aliphatic rings. The maximum absolute atomic E-state index is 11.8. The number of aryl methyl sites for hydroxylation is 1. The molecule has 1 atom stereocenters. The molecule has 6 rings (SSSR count). The molecule has 1 saturated carbocycles. The van der Waals surface area contributed by atoms with E-state index < -0.39 is 0 Å². The van der Waals surface area contributed by atoms with Crippen molar-refractivity contribution < 1.29 is 9.53 Å². The summed E-state index contributed by atoms with van der Waals surface area (Å²) in [5.41, 5.74) is 8.97. The van der Waals surface area contributed by atoms with Gasteiger partial charge in [0.1, 0.15) is 10.9 Å². The number of ether oxygens (including phenoxy) is 1. The molecule has 208 valence electrons. The van der Waals surface area contributed by atoms with E-state index in [0.717, 1.165) is 80.6 Å². The molecule has 0 radical (unpaired) electrons. The number of thiophene rings is 1. The summed E-state index contributed by atoms with van der Waals surface area (Å²) in [6, 6.07) is 9.08. The van der Waals surface area contributed by atoms with Gasteiger partial charge in [-0.25, -0.2) is 4.98 Å². The van der Waals surface area contributed by atoms with Crippen molar-refractivity contribution in [2.24, 2.45) is 5.73 Å². The minimum atomic E-state index is -0.264. The van der Waals surface area contributed by atoms with Crippen LogP contribution in [0.3, 0.4) is 0 Å². The molecular formula is C29H39N7O2S. The molecule has 2 fully saturated rings. The van der Waals surface area contributed by atoms with Gasteiger partial charge in [-0.05, 0) is 88.4 Å². The fourth-order valence-electron chi connectivity index (χ4n) is 6.34. The first-order chi connectivity index (χ1) is 18.9. The van der Waals surface area contributed by atoms with E-state index in [1.807, 2.05) is 0 Å². The lowest BCUT2D eigenvalue weighted by Gasteiger charge is -2.32. The van der Waals surface area contributed by atoms with E-state index >= 15 is 0 Å². The third kappa shape index (κ3) is 5.69. The fraction of sp³-hybridized carbons (Fsp3) is 0.552. The zero-order chi connectivity index (χ0) is 26.9. The molecule has 2 aliphatic carbocycles. The van der Waals surface area contributed by atoms with Crippen molar-refractivity contribution >= 4 is 44.8 Å². The third-order valence-electron chi connectivity index (χ3n) is 8.47. The summed E-state index contributed by atoms with van der Waals surface area (Å²) in [5.74, 6) is 1.03. The summed E-state index contributed by atoms with van der Waals surface area (Å²) < 4.78 is 6.68. The van der Waals surface area contributed by atoms with Gasteiger partial charge in [-0.15, -0.1) is 11.3 Å². The van der Waals surface area contributed by atoms with Crippen LogP contribution in [0.4, 0.5) is 17.3 Å². The van der Waals surface area contributed by atoms with Crippen molar-refractivity contribution in [3.8, 4) is 5.88 Å². The summed E-state index contributed by atoms with van der Waals surface area (Å²) in [6.45, 7) is 4.06. The van der Waals surface area contributed by atoms with E-state index in [4.69, 9.17) is 20.4 Å². The molecule has 2 aromatic heterocycles. The van der Waals surface area contributed by atoms with Crippen LogP contribution in [0.2, 0.25) is 0 Å². The first-order valence-corrected chi connectivity index (χ1v) is 15.0. The predicted molar refractivity (Wildman–Crippen MR) is 157 cm³/mol. The van der Waals surface area contributed by atoms with Gasteiger partial charge in [-0.1, -0.05) is 0 Å². The minimum Gasteiger partial charge on any atom is -0.474 e. The maximum atomic E-state index is 11.8. The largest absolute Gasteiger partial charge is 0.474 e. The van der Waals surface area contributed by atoms with E-state index in [2.05, 4.69) is 58.8 Å². The first-order valence-electron chi connectivity index (χ1n) is 14.2. The highest BCUT2D eigenvalue weighted by Gasteiger charge is 2.33. The number of rotatable bonds is 8. The molecule has 1 amide bonds. The van der Waals surface area contributed by atoms with E-state index in [9.17, 15) is 4.79 Å². The number of amides is 1. The molecular weight excluding hydrogens is 510 g/mol. The summed E-state index contributed by atoms with van der Waals surface area (Å²) in [6.07, 6.45) is 6.59. The predicted octanol–water partition coefficient (Wildman–Crippen LogP) is 4.00. The quantitative estimate of drug-likeness (QED) is 0.387. The van der Waals surface area contributed by atoms with Gasteiger partial charge in [0.25, 0.3) is 0 Å². The molecule has 0 bridgehead atoms. The Balaban J connectivity index is 1.29. The molecule has 9 nitrogen and oxygen atoms in total. The number of nitrogens with one attached hydrogen (secondary N) is 2. The summed E-state index contributed by atoms with van der Waals surface area (Å²) in [7, 11) is 4.31. The molecule has 1 aliphatic heterocycles. The maximum Gasteiger partial charge on any atom is 0.231 e. The topological polar surface area (TPSA) is 109 Å². The number of anilines is 3. The first kappa shape index (κ1) is 26.3. The Morgan fingerprint density at radius 1 is 1.13 bits per heavy atom. The van der Waals surface area contributed by atoms with Gasteiger partial charge in [0.2, 0.25) is 17.7 Å². The molecule has 4 N–H and O–H groups in total. The highest BCUT2D eigenvalue weighted by atomic mass is 32.1. The Labute approximate surface area is 234 Å². The standard InChI is InChI=1S/C29H39N7O2S/c1-35(2)20-8-10-22(11-9-20)38-27-26-25-18(17-24(30)37)3-12-23(25)39-28(26)34-29(33-27)32-19-4-6-21(7-5-19)36-15-13-31-14-16-36/h4-7,18,20,22,31H,3,8-17H2,1-2H3,(H2,30,37)(H,32,33,34). The Bertz CT molecular complexity index is 1310. The number of benzene rings is 1. The van der Waals surface area contributed by atoms with Crippen LogP contribution in [0.5, 0.6) is 5.88 Å². The SMILES string of the molecule is CN(C)C1CCC(Oc2nc(Nc3ccc(N4CCNCC4)cc3)nc3sc4c(c23)C(CC(N)=O)CC4)CC1. The van der Waals surface area contributed by atoms with Crippen LogP contribution in [0.25, 0.3) is 10.2 Å². The Hall–Kier alpha value is -2.95. The lowest BCUT2D eigenvalue weighted by atomic mass is 9.92. The highest BCUT2D eigenvalue weighted by Crippen LogP contribution is 2.48. The summed E-state index contributed by atoms with van der Waals surface area (Å²) in [5, 5.41) is 7.81. The van der Waals surface area contributed by atoms with Crippen molar-refractivity contribution in [2.45, 2.75) is 63.0 Å². The molecule has 1 unspecified atom stereocenters. The van der Waals surface area contributed by atoms with Crippen LogP contribution in [0.1, 0.15) is 54.9 Å². The third-order valence-corrected chi connectivity index (χ3v) is 9.63. The van der Waals surface area contributed by atoms with Gasteiger partial charge < -0.3 is 30.9 Å². The number of nitrogens with zero attached hydrogens (tertiary/aromatic N) is 4. The Kier molecular flexibility index (Phi) is 7.59. The second kappa shape index (κ2) is 11.3. The average Bonchev–Trinajstić information content (AvgIpc) is 3.49. The van der Waals surface area contributed by atoms with Crippen molar-refractivity contribution in [3.63, 3.8) is 0 Å². The smallest absolute Gasteiger partial charge is 0.231 e. The van der Waals surface area contributed by atoms with Crippen molar-refractivity contribution in [2.75, 3.05) is 50.5 Å². The number of aromatic nitrogens is 2. The molecule has 39 heavy (non-hydrogen) atoms. The second-order valence-electron chi connectivity index (χ2n) is 11.3. The van der Waals surface area contributed by atoms with Crippen LogP contribution >= 0.6 is 11.3 Å². The fourth-order valence-corrected chi connectivity index (χ4v) is 7.60. The number of hydrogen-bond donors (Lipinski definition) is 3. The van der Waals surface area contributed by atoms with Gasteiger partial charge in [-0.2, -0.15) is 4.98 Å². The molecule has 3 heterocycles. The lowest BCUT2D eigenvalue weighted by Crippen LogP contribution is -2.43. The van der Waals surface area contributed by atoms with Gasteiger partial charge in [-0.3, -0.25) is 4.79 Å². The Morgan fingerprint density at radius 3 is 2.56 bits per heavy atom. The van der Waals surface area contributed by atoms with Crippen molar-refractivity contribution in [1.29, 1.82) is 0 Å². The van der Waals surface area contributed by atoms with Gasteiger partial charge in [0, 0.05) is 54.9 Å². The van der Waals surface area contributed by atoms with Gasteiger partial charge in [0.05, 0.1) is 5.39 Å². The number of hydrogen-bond acceptors (Lipinski definition) is 9. The van der Waals surface area contributed by atoms with Crippen LogP contribution in [0, 0.1) is 0 Å². The minimum absolute atomic E-state index is 0.109. The number of carbonyl (C=O) groups is 1. The zero-order valence-corrected chi connectivity index (χ0v) is 23.7. The number of primary amides is 1. The Morgan fingerprint density at radius 2 is 1.87 bits per heavy atom. The lowest BCUT2D eigenvalue weighted by molar-refractivity contribution is -0.118. The number of carbonyl (C=O) groups excluding carboxylic acids is 1. The molecule has 1 saturated heterocycles. The van der Waals surface area contributed by atoms with E-state index in [1.54, 1.807) is 11.3 Å². The van der Waals surface area contributed by atoms with Crippen LogP contribution in [-0.4, -0.2) is 73.2 Å². The highest BCUT2D eigenvalue weighted by molar-refractivity contribution is 7.19. The second-order valence-corrected chi connectivity index (χ2v) is 12.4. The molecule has 1 aromatic carbocycles. The van der Waals surface area contributed by atoms with Crippen molar-refractivity contribution in [1.82, 2.24) is 20.2 Å². The van der Waals surface area contributed by atoms with Crippen LogP contribution in [0.15, 0.2) is 24.3 Å². The molecule has 10 heteroatoms. The van der Waals surface area contributed by atoms with Gasteiger partial charge in [0.15, 0.2) is 0 Å². The number of nitrogens with two attached hydrogens (primary N) is 1. The van der Waals surface area contributed by atoms with Crippen LogP contribution < -0.4 is 26.0 Å². The van der Waals surface area contributed by atoms with Crippen molar-refractivity contribution in [3.05, 3.63) is 34.7 Å². The summed E-state index contributed by atoms with van der Waals surface area (Å²) in [4.78, 5) is 28.6. The van der Waals surface area contributed by atoms with Crippen LogP contribution in [-0.2, 0) is 11.2 Å². The monoisotopic (exact) mass is 549 g/mol. The van der Waals surface area contributed by atoms with E-state index in [1.165, 1.54) is 16.1 Å². The van der Waals surface area contributed by atoms with Gasteiger partial charge >= 0.3 is 0 Å². The molecule has 3 aromatic rings. The average molecular weight is 550 g/mol. The number of fused-ring (bicyclic) bond motifs is 3. The van der Waals surface area contributed by atoms with E-state index in [0.29, 0.717) is 24.3 Å². The zero-order valence-electron chi connectivity index (χ0n) is 22.9.